The quantitative estimate of drug-likeness (QED) is 0.905. The molecule has 1 saturated heterocycles. The summed E-state index contributed by atoms with van der Waals surface area (Å²) in [4.78, 5) is 1.28. The molecule has 1 aromatic carbocycles. The minimum Gasteiger partial charge on any atom is -0.369 e. The molecule has 0 spiro atoms. The fourth-order valence-corrected chi connectivity index (χ4v) is 2.90. The van der Waals surface area contributed by atoms with E-state index < -0.39 is 20.2 Å². The second-order valence-corrected chi connectivity index (χ2v) is 6.69. The number of anilines is 1. The molecule has 1 aromatic rings. The molecule has 0 aliphatic carbocycles. The van der Waals surface area contributed by atoms with Gasteiger partial charge in [0.15, 0.2) is 0 Å². The van der Waals surface area contributed by atoms with Crippen LogP contribution in [0.2, 0.25) is 0 Å². The number of alkyl halides is 3. The molecule has 8 heteroatoms. The van der Waals surface area contributed by atoms with E-state index in [-0.39, 0.29) is 6.04 Å². The highest BCUT2D eigenvalue weighted by atomic mass is 32.2. The maximum absolute atomic E-state index is 12.4. The second-order valence-electron chi connectivity index (χ2n) is 4.74. The molecule has 1 atom stereocenters. The van der Waals surface area contributed by atoms with Gasteiger partial charge in [0.05, 0.1) is 4.90 Å². The smallest absolute Gasteiger partial charge is 0.369 e. The molecule has 0 aromatic heterocycles. The Morgan fingerprint density at radius 3 is 2.35 bits per heavy atom. The summed E-state index contributed by atoms with van der Waals surface area (Å²) in [7, 11) is -5.27. The molecule has 0 unspecified atom stereocenters. The summed E-state index contributed by atoms with van der Waals surface area (Å²) in [6.07, 6.45) is 0. The Balaban J connectivity index is 2.23. The van der Waals surface area contributed by atoms with Crippen LogP contribution >= 0.6 is 0 Å². The predicted octanol–water partition coefficient (Wildman–Crippen LogP) is 1.78. The van der Waals surface area contributed by atoms with Crippen molar-refractivity contribution < 1.29 is 21.6 Å². The highest BCUT2D eigenvalue weighted by Gasteiger charge is 2.46. The normalized spacial score (nSPS) is 21.0. The minimum atomic E-state index is -5.27. The molecule has 1 aliphatic heterocycles. The first-order chi connectivity index (χ1) is 9.22. The van der Waals surface area contributed by atoms with E-state index in [2.05, 4.69) is 5.32 Å². The third-order valence-electron chi connectivity index (χ3n) is 3.19. The molecule has 1 heterocycles. The van der Waals surface area contributed by atoms with Crippen molar-refractivity contribution in [3.63, 3.8) is 0 Å². The largest absolute Gasteiger partial charge is 0.501 e. The molecule has 1 N–H and O–H groups in total. The van der Waals surface area contributed by atoms with Crippen LogP contribution in [0.5, 0.6) is 0 Å². The number of benzene rings is 1. The number of rotatable bonds is 2. The number of sulfone groups is 1. The lowest BCUT2D eigenvalue weighted by molar-refractivity contribution is -0.0436. The van der Waals surface area contributed by atoms with Gasteiger partial charge in [-0.05, 0) is 31.2 Å². The van der Waals surface area contributed by atoms with Gasteiger partial charge < -0.3 is 10.2 Å². The van der Waals surface area contributed by atoms with Crippen LogP contribution in [0.25, 0.3) is 0 Å². The Hall–Kier alpha value is -1.28. The summed E-state index contributed by atoms with van der Waals surface area (Å²) in [5.74, 6) is 0. The summed E-state index contributed by atoms with van der Waals surface area (Å²) < 4.78 is 59.7. The van der Waals surface area contributed by atoms with Crippen molar-refractivity contribution >= 4 is 15.5 Å². The summed E-state index contributed by atoms with van der Waals surface area (Å²) in [5.41, 5.74) is -4.54. The Morgan fingerprint density at radius 1 is 1.25 bits per heavy atom. The molecule has 112 valence electrons. The summed E-state index contributed by atoms with van der Waals surface area (Å²) in [6.45, 7) is 4.25. The highest BCUT2D eigenvalue weighted by molar-refractivity contribution is 7.92. The van der Waals surface area contributed by atoms with Crippen LogP contribution < -0.4 is 10.2 Å². The zero-order chi connectivity index (χ0) is 15.0. The Morgan fingerprint density at radius 2 is 1.85 bits per heavy atom. The number of hydrogen-bond acceptors (Lipinski definition) is 4. The molecule has 1 fully saturated rings. The standard InChI is InChI=1S/C12H15F3N2O2S/c1-9-8-17(7-6-16-9)10-2-4-11(5-3-10)20(18,19)12(13,14)15/h2-5,9,16H,6-8H2,1H3/t9-/m1/s1. The van der Waals surface area contributed by atoms with Gasteiger partial charge in [-0.25, -0.2) is 8.42 Å². The molecule has 0 bridgehead atoms. The molecule has 0 amide bonds. The van der Waals surface area contributed by atoms with Crippen LogP contribution in [0.4, 0.5) is 18.9 Å². The topological polar surface area (TPSA) is 49.4 Å². The maximum Gasteiger partial charge on any atom is 0.501 e. The van der Waals surface area contributed by atoms with Crippen molar-refractivity contribution in [2.75, 3.05) is 24.5 Å². The third-order valence-corrected chi connectivity index (χ3v) is 4.69. The summed E-state index contributed by atoms with van der Waals surface area (Å²) >= 11 is 0. The zero-order valence-corrected chi connectivity index (χ0v) is 11.6. The van der Waals surface area contributed by atoms with Gasteiger partial charge in [-0.2, -0.15) is 13.2 Å². The van der Waals surface area contributed by atoms with Crippen molar-refractivity contribution in [3.8, 4) is 0 Å². The first-order valence-corrected chi connectivity index (χ1v) is 7.60. The van der Waals surface area contributed by atoms with E-state index in [0.717, 1.165) is 37.5 Å². The minimum absolute atomic E-state index is 0.280. The fourth-order valence-electron chi connectivity index (χ4n) is 2.14. The molecule has 1 aliphatic rings. The average molecular weight is 308 g/mol. The molecule has 4 nitrogen and oxygen atoms in total. The van der Waals surface area contributed by atoms with Gasteiger partial charge in [0.25, 0.3) is 9.84 Å². The van der Waals surface area contributed by atoms with Crippen LogP contribution in [0, 0.1) is 0 Å². The third kappa shape index (κ3) is 2.90. The number of halogens is 3. The first-order valence-electron chi connectivity index (χ1n) is 6.11. The molecule has 0 radical (unpaired) electrons. The Bertz CT molecular complexity index is 569. The van der Waals surface area contributed by atoms with Gasteiger partial charge in [-0.15, -0.1) is 0 Å². The molecular formula is C12H15F3N2O2S. The van der Waals surface area contributed by atoms with Crippen molar-refractivity contribution in [1.29, 1.82) is 0 Å². The highest BCUT2D eigenvalue weighted by Crippen LogP contribution is 2.31. The number of hydrogen-bond donors (Lipinski definition) is 1. The van der Waals surface area contributed by atoms with Crippen LogP contribution in [0.1, 0.15) is 6.92 Å². The van der Waals surface area contributed by atoms with Crippen LogP contribution in [0.3, 0.4) is 0 Å². The summed E-state index contributed by atoms with van der Waals surface area (Å²) in [6, 6.07) is 5.12. The Kier molecular flexibility index (Phi) is 3.97. The van der Waals surface area contributed by atoms with Crippen LogP contribution in [0.15, 0.2) is 29.2 Å². The van der Waals surface area contributed by atoms with E-state index in [1.807, 2.05) is 11.8 Å². The first kappa shape index (κ1) is 15.1. The van der Waals surface area contributed by atoms with E-state index in [0.29, 0.717) is 0 Å². The van der Waals surface area contributed by atoms with E-state index >= 15 is 0 Å². The van der Waals surface area contributed by atoms with Gasteiger partial charge in [0.2, 0.25) is 0 Å². The molecule has 20 heavy (non-hydrogen) atoms. The maximum atomic E-state index is 12.4. The number of nitrogens with zero attached hydrogens (tertiary/aromatic N) is 1. The zero-order valence-electron chi connectivity index (χ0n) is 10.8. The SMILES string of the molecule is C[C@@H]1CN(c2ccc(S(=O)(=O)C(F)(F)F)cc2)CCN1. The molecule has 2 rings (SSSR count). The second kappa shape index (κ2) is 5.25. The van der Waals surface area contributed by atoms with Gasteiger partial charge in [-0.1, -0.05) is 0 Å². The van der Waals surface area contributed by atoms with E-state index in [9.17, 15) is 21.6 Å². The predicted molar refractivity (Wildman–Crippen MR) is 69.4 cm³/mol. The van der Waals surface area contributed by atoms with Gasteiger partial charge in [-0.3, -0.25) is 0 Å². The fraction of sp³-hybridized carbons (Fsp3) is 0.500. The lowest BCUT2D eigenvalue weighted by Gasteiger charge is -2.33. The monoisotopic (exact) mass is 308 g/mol. The molecular weight excluding hydrogens is 293 g/mol. The lowest BCUT2D eigenvalue weighted by atomic mass is 10.2. The van der Waals surface area contributed by atoms with E-state index in [1.165, 1.54) is 12.1 Å². The average Bonchev–Trinajstić information content (AvgIpc) is 2.37. The number of piperazine rings is 1. The Labute approximate surface area is 115 Å². The van der Waals surface area contributed by atoms with E-state index in [1.54, 1.807) is 0 Å². The van der Waals surface area contributed by atoms with Crippen LogP contribution in [-0.4, -0.2) is 39.6 Å². The van der Waals surface area contributed by atoms with Gasteiger partial charge in [0, 0.05) is 31.4 Å². The summed E-state index contributed by atoms with van der Waals surface area (Å²) in [5, 5.41) is 3.25. The molecule has 0 saturated carbocycles. The van der Waals surface area contributed by atoms with Crippen molar-refractivity contribution in [2.24, 2.45) is 0 Å². The van der Waals surface area contributed by atoms with Crippen LogP contribution in [-0.2, 0) is 9.84 Å². The van der Waals surface area contributed by atoms with Crippen molar-refractivity contribution in [2.45, 2.75) is 23.4 Å². The van der Waals surface area contributed by atoms with Crippen molar-refractivity contribution in [1.82, 2.24) is 5.32 Å². The lowest BCUT2D eigenvalue weighted by Crippen LogP contribution is -2.49. The van der Waals surface area contributed by atoms with Gasteiger partial charge >= 0.3 is 5.51 Å². The van der Waals surface area contributed by atoms with Crippen molar-refractivity contribution in [3.05, 3.63) is 24.3 Å². The number of nitrogens with one attached hydrogen (secondary N) is 1. The van der Waals surface area contributed by atoms with E-state index in [4.69, 9.17) is 0 Å². The van der Waals surface area contributed by atoms with Gasteiger partial charge in [0.1, 0.15) is 0 Å².